The molecule has 0 amide bonds. The summed E-state index contributed by atoms with van der Waals surface area (Å²) in [6.45, 7) is 2.36. The van der Waals surface area contributed by atoms with Crippen molar-refractivity contribution in [3.05, 3.63) is 29.8 Å². The minimum atomic E-state index is -0.266. The largest absolute Gasteiger partial charge is 0.377 e. The maximum atomic E-state index is 6.17. The Bertz CT molecular complexity index is 464. The van der Waals surface area contributed by atoms with Crippen LogP contribution >= 0.6 is 11.8 Å². The van der Waals surface area contributed by atoms with Crippen molar-refractivity contribution in [3.8, 4) is 0 Å². The van der Waals surface area contributed by atoms with Crippen LogP contribution in [0.3, 0.4) is 0 Å². The Labute approximate surface area is 130 Å². The van der Waals surface area contributed by atoms with Crippen molar-refractivity contribution < 1.29 is 14.2 Å². The van der Waals surface area contributed by atoms with Crippen LogP contribution in [0.15, 0.2) is 29.2 Å². The molecule has 1 saturated carbocycles. The van der Waals surface area contributed by atoms with Crippen molar-refractivity contribution >= 4 is 11.8 Å². The number of thioether (sulfide) groups is 1. The first-order chi connectivity index (χ1) is 10.3. The molecule has 2 heterocycles. The highest BCUT2D eigenvalue weighted by Gasteiger charge is 2.40. The Balaban J connectivity index is 1.24. The summed E-state index contributed by atoms with van der Waals surface area (Å²) >= 11 is 1.97. The molecule has 1 spiro atoms. The third kappa shape index (κ3) is 3.00. The number of benzene rings is 1. The first kappa shape index (κ1) is 14.1. The van der Waals surface area contributed by atoms with Crippen LogP contribution < -0.4 is 0 Å². The lowest BCUT2D eigenvalue weighted by Gasteiger charge is -2.35. The van der Waals surface area contributed by atoms with Crippen molar-refractivity contribution in [2.75, 3.05) is 19.8 Å². The minimum absolute atomic E-state index is 0.266. The van der Waals surface area contributed by atoms with Gasteiger partial charge in [0.15, 0.2) is 5.79 Å². The van der Waals surface area contributed by atoms with Crippen LogP contribution in [-0.4, -0.2) is 37.0 Å². The molecule has 2 aliphatic heterocycles. The van der Waals surface area contributed by atoms with Gasteiger partial charge in [-0.25, -0.2) is 0 Å². The molecule has 114 valence electrons. The van der Waals surface area contributed by atoms with Gasteiger partial charge in [0.2, 0.25) is 0 Å². The summed E-state index contributed by atoms with van der Waals surface area (Å²) in [5.74, 6) is -0.266. The Kier molecular flexibility index (Phi) is 3.96. The molecule has 1 aliphatic carbocycles. The van der Waals surface area contributed by atoms with Gasteiger partial charge in [-0.05, 0) is 30.9 Å². The van der Waals surface area contributed by atoms with E-state index in [1.807, 2.05) is 11.8 Å². The maximum Gasteiger partial charge on any atom is 0.168 e. The fourth-order valence-corrected chi connectivity index (χ4v) is 4.80. The molecule has 0 radical (unpaired) electrons. The van der Waals surface area contributed by atoms with E-state index in [2.05, 4.69) is 24.3 Å². The van der Waals surface area contributed by atoms with Gasteiger partial charge in [-0.2, -0.15) is 0 Å². The van der Waals surface area contributed by atoms with E-state index in [1.165, 1.54) is 10.5 Å². The first-order valence-corrected chi connectivity index (χ1v) is 8.85. The zero-order valence-electron chi connectivity index (χ0n) is 12.3. The van der Waals surface area contributed by atoms with Gasteiger partial charge in [0.25, 0.3) is 0 Å². The SMILES string of the molecule is c1ccc2c(c1)CC(COC1CCC3(CC1)OCCO3)S2. The average Bonchev–Trinajstić information content (AvgIpc) is 3.13. The fraction of sp³-hybridized carbons (Fsp3) is 0.647. The standard InChI is InChI=1S/C17H22O3S/c1-2-4-16-13(3-1)11-15(21-16)12-18-14-5-7-17(8-6-14)19-9-10-20-17/h1-4,14-15H,5-12H2. The van der Waals surface area contributed by atoms with Gasteiger partial charge in [-0.1, -0.05) is 18.2 Å². The monoisotopic (exact) mass is 306 g/mol. The molecule has 1 aromatic carbocycles. The molecule has 2 fully saturated rings. The summed E-state index contributed by atoms with van der Waals surface area (Å²) in [7, 11) is 0. The number of fused-ring (bicyclic) bond motifs is 1. The predicted octanol–water partition coefficient (Wildman–Crippen LogP) is 3.41. The fourth-order valence-electron chi connectivity index (χ4n) is 3.57. The van der Waals surface area contributed by atoms with Gasteiger partial charge in [0.05, 0.1) is 25.9 Å². The molecule has 0 bridgehead atoms. The van der Waals surface area contributed by atoms with Crippen molar-refractivity contribution in [2.24, 2.45) is 0 Å². The van der Waals surface area contributed by atoms with Gasteiger partial charge in [-0.3, -0.25) is 0 Å². The Hall–Kier alpha value is -0.550. The van der Waals surface area contributed by atoms with Crippen molar-refractivity contribution in [1.82, 2.24) is 0 Å². The van der Waals surface area contributed by atoms with E-state index in [0.717, 1.165) is 51.9 Å². The van der Waals surface area contributed by atoms with Crippen molar-refractivity contribution in [3.63, 3.8) is 0 Å². The highest BCUT2D eigenvalue weighted by atomic mass is 32.2. The van der Waals surface area contributed by atoms with Gasteiger partial charge in [0.1, 0.15) is 0 Å². The molecule has 1 unspecified atom stereocenters. The Morgan fingerprint density at radius 1 is 1.14 bits per heavy atom. The second-order valence-electron chi connectivity index (χ2n) is 6.19. The normalized spacial score (nSPS) is 28.1. The number of rotatable bonds is 3. The third-order valence-electron chi connectivity index (χ3n) is 4.74. The van der Waals surface area contributed by atoms with E-state index in [0.29, 0.717) is 11.4 Å². The second kappa shape index (κ2) is 5.92. The van der Waals surface area contributed by atoms with Crippen LogP contribution in [0.2, 0.25) is 0 Å². The summed E-state index contributed by atoms with van der Waals surface area (Å²) in [6, 6.07) is 8.71. The molecule has 3 aliphatic rings. The lowest BCUT2D eigenvalue weighted by molar-refractivity contribution is -0.191. The molecule has 4 heteroatoms. The van der Waals surface area contributed by atoms with E-state index >= 15 is 0 Å². The van der Waals surface area contributed by atoms with Crippen LogP contribution in [0, 0.1) is 0 Å². The van der Waals surface area contributed by atoms with E-state index in [9.17, 15) is 0 Å². The molecular weight excluding hydrogens is 284 g/mol. The van der Waals surface area contributed by atoms with Crippen LogP contribution in [0.25, 0.3) is 0 Å². The summed E-state index contributed by atoms with van der Waals surface area (Å²) in [5, 5.41) is 0.581. The average molecular weight is 306 g/mol. The van der Waals surface area contributed by atoms with Crippen LogP contribution in [0.5, 0.6) is 0 Å². The summed E-state index contributed by atoms with van der Waals surface area (Å²) in [5.41, 5.74) is 1.48. The Morgan fingerprint density at radius 2 is 1.90 bits per heavy atom. The minimum Gasteiger partial charge on any atom is -0.377 e. The molecule has 4 rings (SSSR count). The second-order valence-corrected chi connectivity index (χ2v) is 7.53. The van der Waals surface area contributed by atoms with Gasteiger partial charge in [0, 0.05) is 23.0 Å². The predicted molar refractivity (Wildman–Crippen MR) is 82.6 cm³/mol. The topological polar surface area (TPSA) is 27.7 Å². The molecule has 1 atom stereocenters. The smallest absolute Gasteiger partial charge is 0.168 e. The highest BCUT2D eigenvalue weighted by Crippen LogP contribution is 2.39. The van der Waals surface area contributed by atoms with Crippen LogP contribution in [-0.2, 0) is 20.6 Å². The van der Waals surface area contributed by atoms with E-state index < -0.39 is 0 Å². The van der Waals surface area contributed by atoms with E-state index in [-0.39, 0.29) is 5.79 Å². The quantitative estimate of drug-likeness (QED) is 0.855. The highest BCUT2D eigenvalue weighted by molar-refractivity contribution is 8.00. The zero-order valence-corrected chi connectivity index (χ0v) is 13.1. The van der Waals surface area contributed by atoms with Gasteiger partial charge >= 0.3 is 0 Å². The summed E-state index contributed by atoms with van der Waals surface area (Å²) < 4.78 is 17.7. The molecule has 21 heavy (non-hydrogen) atoms. The zero-order chi connectivity index (χ0) is 14.1. The molecule has 3 nitrogen and oxygen atoms in total. The maximum absolute atomic E-state index is 6.17. The number of hydrogen-bond donors (Lipinski definition) is 0. The number of ether oxygens (including phenoxy) is 3. The van der Waals surface area contributed by atoms with E-state index in [4.69, 9.17) is 14.2 Å². The summed E-state index contributed by atoms with van der Waals surface area (Å²) in [4.78, 5) is 1.43. The first-order valence-electron chi connectivity index (χ1n) is 7.97. The Morgan fingerprint density at radius 3 is 2.67 bits per heavy atom. The van der Waals surface area contributed by atoms with Crippen molar-refractivity contribution in [2.45, 2.75) is 54.1 Å². The summed E-state index contributed by atoms with van der Waals surface area (Å²) in [6.07, 6.45) is 5.61. The van der Waals surface area contributed by atoms with Crippen molar-refractivity contribution in [1.29, 1.82) is 0 Å². The lowest BCUT2D eigenvalue weighted by Crippen LogP contribution is -2.38. The molecular formula is C17H22O3S. The van der Waals surface area contributed by atoms with Gasteiger partial charge in [-0.15, -0.1) is 11.8 Å². The van der Waals surface area contributed by atoms with E-state index in [1.54, 1.807) is 0 Å². The molecule has 0 aromatic heterocycles. The molecule has 1 aromatic rings. The lowest BCUT2D eigenvalue weighted by atomic mass is 9.92. The third-order valence-corrected chi connectivity index (χ3v) is 6.03. The molecule has 1 saturated heterocycles. The van der Waals surface area contributed by atoms with Crippen LogP contribution in [0.1, 0.15) is 31.2 Å². The molecule has 0 N–H and O–H groups in total. The van der Waals surface area contributed by atoms with Crippen LogP contribution in [0.4, 0.5) is 0 Å². The number of hydrogen-bond acceptors (Lipinski definition) is 4. The van der Waals surface area contributed by atoms with Gasteiger partial charge < -0.3 is 14.2 Å².